The molecule has 130 valence electrons. The van der Waals surface area contributed by atoms with Crippen LogP contribution in [0.5, 0.6) is 0 Å². The summed E-state index contributed by atoms with van der Waals surface area (Å²) in [6.45, 7) is -0.310. The van der Waals surface area contributed by atoms with Crippen molar-refractivity contribution in [3.05, 3.63) is 45.3 Å². The third-order valence-corrected chi connectivity index (χ3v) is 3.62. The van der Waals surface area contributed by atoms with Crippen LogP contribution >= 0.6 is 11.6 Å². The zero-order chi connectivity index (χ0) is 18.1. The Balaban J connectivity index is 2.26. The number of nitrogens with two attached hydrogens (primary N) is 1. The van der Waals surface area contributed by atoms with E-state index in [-0.39, 0.29) is 18.7 Å². The molecule has 0 aliphatic rings. The second kappa shape index (κ2) is 6.60. The highest BCUT2D eigenvalue weighted by Crippen LogP contribution is 2.17. The molecular formula is C14H14ClF3N4O2. The van der Waals surface area contributed by atoms with E-state index in [4.69, 9.17) is 17.3 Å². The molecule has 2 rings (SSSR count). The molecule has 0 saturated heterocycles. The molecule has 0 saturated carbocycles. The van der Waals surface area contributed by atoms with Crippen LogP contribution in [-0.2, 0) is 18.3 Å². The number of benzene rings is 1. The van der Waals surface area contributed by atoms with Gasteiger partial charge in [0.2, 0.25) is 0 Å². The highest BCUT2D eigenvalue weighted by Gasteiger charge is 2.38. The minimum absolute atomic E-state index is 0.0348. The first-order chi connectivity index (χ1) is 11.1. The van der Waals surface area contributed by atoms with Crippen molar-refractivity contribution >= 4 is 23.2 Å². The van der Waals surface area contributed by atoms with Crippen molar-refractivity contribution in [2.24, 2.45) is 7.05 Å². The van der Waals surface area contributed by atoms with Crippen molar-refractivity contribution in [3.63, 3.8) is 0 Å². The maximum atomic E-state index is 12.3. The maximum absolute atomic E-state index is 12.3. The van der Waals surface area contributed by atoms with Gasteiger partial charge in [-0.2, -0.15) is 13.2 Å². The van der Waals surface area contributed by atoms with E-state index in [1.54, 1.807) is 36.6 Å². The van der Waals surface area contributed by atoms with Gasteiger partial charge in [0.15, 0.2) is 0 Å². The van der Waals surface area contributed by atoms with Crippen LogP contribution in [0.1, 0.15) is 5.69 Å². The Morgan fingerprint density at radius 3 is 2.62 bits per heavy atom. The Hall–Kier alpha value is -2.42. The minimum Gasteiger partial charge on any atom is -0.393 e. The van der Waals surface area contributed by atoms with Gasteiger partial charge in [-0.1, -0.05) is 17.7 Å². The Morgan fingerprint density at radius 1 is 1.38 bits per heavy atom. The van der Waals surface area contributed by atoms with E-state index in [9.17, 15) is 22.8 Å². The molecule has 3 N–H and O–H groups in total. The lowest BCUT2D eigenvalue weighted by atomic mass is 10.2. The van der Waals surface area contributed by atoms with Gasteiger partial charge in [-0.25, -0.2) is 4.68 Å². The molecule has 0 radical (unpaired) electrons. The number of carbonyl (C=O) groups excluding carboxylic acids is 1. The summed E-state index contributed by atoms with van der Waals surface area (Å²) < 4.78 is 39.1. The standard InChI is InChI=1S/C14H14ClF3N4O2/c1-21-10(5-6-20-13(24)14(16,17)18)11(19)12(23)22(21)9-4-2-3-8(15)7-9/h2-4,7H,5-6,19H2,1H3,(H,20,24). The lowest BCUT2D eigenvalue weighted by Crippen LogP contribution is -2.38. The molecule has 1 aromatic carbocycles. The summed E-state index contributed by atoms with van der Waals surface area (Å²) >= 11 is 5.90. The van der Waals surface area contributed by atoms with Gasteiger partial charge >= 0.3 is 12.1 Å². The molecule has 0 aliphatic carbocycles. The number of nitrogens with zero attached hydrogens (tertiary/aromatic N) is 2. The smallest absolute Gasteiger partial charge is 0.393 e. The SMILES string of the molecule is Cn1c(CCNC(=O)C(F)(F)F)c(N)c(=O)n1-c1cccc(Cl)c1. The zero-order valence-electron chi connectivity index (χ0n) is 12.5. The number of aromatic nitrogens is 2. The maximum Gasteiger partial charge on any atom is 0.471 e. The van der Waals surface area contributed by atoms with Crippen LogP contribution in [0.25, 0.3) is 5.69 Å². The number of halogens is 4. The summed E-state index contributed by atoms with van der Waals surface area (Å²) in [6, 6.07) is 6.48. The van der Waals surface area contributed by atoms with E-state index in [1.165, 1.54) is 9.36 Å². The third kappa shape index (κ3) is 3.56. The molecule has 0 atom stereocenters. The van der Waals surface area contributed by atoms with Crippen LogP contribution in [0.2, 0.25) is 5.02 Å². The molecule has 1 aromatic heterocycles. The van der Waals surface area contributed by atoms with Gasteiger partial charge in [-0.15, -0.1) is 0 Å². The second-order valence-corrected chi connectivity index (χ2v) is 5.42. The van der Waals surface area contributed by atoms with Crippen molar-refractivity contribution in [2.45, 2.75) is 12.6 Å². The lowest BCUT2D eigenvalue weighted by molar-refractivity contribution is -0.173. The third-order valence-electron chi connectivity index (χ3n) is 3.38. The second-order valence-electron chi connectivity index (χ2n) is 4.98. The summed E-state index contributed by atoms with van der Waals surface area (Å²) in [5.74, 6) is -2.04. The Kier molecular flexibility index (Phi) is 4.93. The van der Waals surface area contributed by atoms with Crippen LogP contribution in [0.3, 0.4) is 0 Å². The fourth-order valence-corrected chi connectivity index (χ4v) is 2.44. The topological polar surface area (TPSA) is 82.1 Å². The molecule has 24 heavy (non-hydrogen) atoms. The van der Waals surface area contributed by atoms with E-state index in [2.05, 4.69) is 0 Å². The summed E-state index contributed by atoms with van der Waals surface area (Å²) in [5, 5.41) is 2.15. The summed E-state index contributed by atoms with van der Waals surface area (Å²) in [7, 11) is 1.54. The lowest BCUT2D eigenvalue weighted by Gasteiger charge is -2.11. The highest BCUT2D eigenvalue weighted by molar-refractivity contribution is 6.30. The largest absolute Gasteiger partial charge is 0.471 e. The average Bonchev–Trinajstić information content (AvgIpc) is 2.69. The summed E-state index contributed by atoms with van der Waals surface area (Å²) in [5.41, 5.74) is 5.92. The molecule has 0 aliphatic heterocycles. The molecule has 0 spiro atoms. The van der Waals surface area contributed by atoms with E-state index in [1.807, 2.05) is 0 Å². The number of nitrogens with one attached hydrogen (secondary N) is 1. The molecule has 0 unspecified atom stereocenters. The molecular weight excluding hydrogens is 349 g/mol. The van der Waals surface area contributed by atoms with Crippen LogP contribution in [0.4, 0.5) is 18.9 Å². The molecule has 0 fully saturated rings. The number of amides is 1. The first-order valence-electron chi connectivity index (χ1n) is 6.80. The Labute approximate surface area is 139 Å². The average molecular weight is 363 g/mol. The van der Waals surface area contributed by atoms with Gasteiger partial charge in [-0.3, -0.25) is 14.3 Å². The number of carbonyl (C=O) groups is 1. The van der Waals surface area contributed by atoms with Crippen molar-refractivity contribution in [2.75, 3.05) is 12.3 Å². The van der Waals surface area contributed by atoms with Crippen molar-refractivity contribution in [1.29, 1.82) is 0 Å². The minimum atomic E-state index is -4.95. The van der Waals surface area contributed by atoms with Gasteiger partial charge in [0.1, 0.15) is 5.69 Å². The number of rotatable bonds is 4. The quantitative estimate of drug-likeness (QED) is 0.867. The fourth-order valence-electron chi connectivity index (χ4n) is 2.26. The predicted molar refractivity (Wildman–Crippen MR) is 83.2 cm³/mol. The van der Waals surface area contributed by atoms with E-state index in [0.29, 0.717) is 16.4 Å². The number of hydrogen-bond donors (Lipinski definition) is 2. The molecule has 0 bridgehead atoms. The van der Waals surface area contributed by atoms with Gasteiger partial charge < -0.3 is 11.1 Å². The highest BCUT2D eigenvalue weighted by atomic mass is 35.5. The predicted octanol–water partition coefficient (Wildman–Crippen LogP) is 1.63. The summed E-state index contributed by atoms with van der Waals surface area (Å²) in [4.78, 5) is 23.1. The van der Waals surface area contributed by atoms with E-state index < -0.39 is 17.6 Å². The van der Waals surface area contributed by atoms with Crippen molar-refractivity contribution in [3.8, 4) is 5.69 Å². The van der Waals surface area contributed by atoms with Gasteiger partial charge in [0, 0.05) is 25.0 Å². The first-order valence-corrected chi connectivity index (χ1v) is 7.18. The van der Waals surface area contributed by atoms with E-state index >= 15 is 0 Å². The molecule has 2 aromatic rings. The van der Waals surface area contributed by atoms with Crippen LogP contribution in [0.15, 0.2) is 29.1 Å². The first kappa shape index (κ1) is 17.9. The van der Waals surface area contributed by atoms with Crippen molar-refractivity contribution in [1.82, 2.24) is 14.7 Å². The Bertz CT molecular complexity index is 826. The van der Waals surface area contributed by atoms with Gasteiger partial charge in [0.05, 0.1) is 11.4 Å². The van der Waals surface area contributed by atoms with Crippen molar-refractivity contribution < 1.29 is 18.0 Å². The normalized spacial score (nSPS) is 11.5. The zero-order valence-corrected chi connectivity index (χ0v) is 13.3. The molecule has 1 heterocycles. The molecule has 10 heteroatoms. The Morgan fingerprint density at radius 2 is 2.04 bits per heavy atom. The van der Waals surface area contributed by atoms with E-state index in [0.717, 1.165) is 0 Å². The monoisotopic (exact) mass is 362 g/mol. The van der Waals surface area contributed by atoms with Gasteiger partial charge in [-0.05, 0) is 18.2 Å². The van der Waals surface area contributed by atoms with Gasteiger partial charge in [0.25, 0.3) is 5.56 Å². The summed E-state index contributed by atoms with van der Waals surface area (Å²) in [6.07, 6.45) is -4.99. The fraction of sp³-hybridized carbons (Fsp3) is 0.286. The van der Waals surface area contributed by atoms with Crippen LogP contribution in [0, 0.1) is 0 Å². The van der Waals surface area contributed by atoms with Crippen LogP contribution < -0.4 is 16.6 Å². The number of anilines is 1. The molecule has 6 nitrogen and oxygen atoms in total. The number of nitrogen functional groups attached to an aromatic ring is 1. The molecule has 1 amide bonds. The van der Waals surface area contributed by atoms with Crippen LogP contribution in [-0.4, -0.2) is 28.0 Å². The number of hydrogen-bond acceptors (Lipinski definition) is 3. The number of alkyl halides is 3.